The Bertz CT molecular complexity index is 1220. The van der Waals surface area contributed by atoms with E-state index in [1.54, 1.807) is 17.0 Å². The first-order valence-corrected chi connectivity index (χ1v) is 13.4. The monoisotopic (exact) mass is 555 g/mol. The van der Waals surface area contributed by atoms with Crippen LogP contribution in [-0.4, -0.2) is 66.1 Å². The zero-order chi connectivity index (χ0) is 28.3. The van der Waals surface area contributed by atoms with Crippen molar-refractivity contribution in [2.45, 2.75) is 38.0 Å². The molecule has 0 spiro atoms. The molecule has 3 aromatic carbocycles. The first-order valence-electron chi connectivity index (χ1n) is 13.4. The summed E-state index contributed by atoms with van der Waals surface area (Å²) in [5.74, 6) is -0.423. The van der Waals surface area contributed by atoms with Gasteiger partial charge in [-0.3, -0.25) is 0 Å². The number of anilines is 1. The van der Waals surface area contributed by atoms with Crippen LogP contribution in [0.15, 0.2) is 66.7 Å². The maximum absolute atomic E-state index is 13.7. The minimum atomic E-state index is -0.648. The van der Waals surface area contributed by atoms with E-state index in [1.165, 1.54) is 17.7 Å². The summed E-state index contributed by atoms with van der Waals surface area (Å²) in [5.41, 5.74) is 2.18. The molecule has 10 heteroatoms. The van der Waals surface area contributed by atoms with Gasteiger partial charge in [0.15, 0.2) is 0 Å². The Kier molecular flexibility index (Phi) is 10.5. The number of carbonyl (C=O) groups is 1. The van der Waals surface area contributed by atoms with Crippen molar-refractivity contribution in [1.82, 2.24) is 10.2 Å². The van der Waals surface area contributed by atoms with Gasteiger partial charge in [-0.1, -0.05) is 12.1 Å². The number of nitrogens with one attached hydrogen (secondary N) is 2. The van der Waals surface area contributed by atoms with Gasteiger partial charge in [0.05, 0.1) is 0 Å². The molecule has 0 bridgehead atoms. The third-order valence-electron chi connectivity index (χ3n) is 6.69. The molecule has 0 radical (unpaired) electrons. The van der Waals surface area contributed by atoms with Crippen LogP contribution in [0.1, 0.15) is 24.0 Å². The molecular formula is C30H35F2N3O5. The van der Waals surface area contributed by atoms with Crippen molar-refractivity contribution in [3.63, 3.8) is 0 Å². The van der Waals surface area contributed by atoms with Gasteiger partial charge in [0.25, 0.3) is 0 Å². The molecule has 40 heavy (non-hydrogen) atoms. The van der Waals surface area contributed by atoms with Crippen molar-refractivity contribution in [3.05, 3.63) is 89.5 Å². The van der Waals surface area contributed by atoms with Gasteiger partial charge in [0, 0.05) is 36.9 Å². The third-order valence-corrected chi connectivity index (χ3v) is 6.69. The summed E-state index contributed by atoms with van der Waals surface area (Å²) in [5, 5.41) is 26.1. The summed E-state index contributed by atoms with van der Waals surface area (Å²) in [4.78, 5) is 13.9. The molecule has 8 nitrogen and oxygen atoms in total. The van der Waals surface area contributed by atoms with Crippen LogP contribution in [0.5, 0.6) is 11.5 Å². The number of aliphatic hydroxyl groups is 1. The number of aromatic hydroxyl groups is 1. The lowest BCUT2D eigenvalue weighted by atomic mass is 10.0. The van der Waals surface area contributed by atoms with Gasteiger partial charge >= 0.3 is 6.09 Å². The summed E-state index contributed by atoms with van der Waals surface area (Å²) >= 11 is 0. The van der Waals surface area contributed by atoms with E-state index < -0.39 is 23.8 Å². The Balaban J connectivity index is 1.09. The van der Waals surface area contributed by atoms with E-state index >= 15 is 0 Å². The SMILES string of the molecule is O=C(OCc1cc(F)ccc1F)N1CCC(Nc2ccc(CCNC[C@H](O)COc3ccc(O)cc3)cc2)CC1. The molecule has 0 saturated carbocycles. The fraction of sp³-hybridized carbons (Fsp3) is 0.367. The van der Waals surface area contributed by atoms with E-state index in [9.17, 15) is 23.8 Å². The summed E-state index contributed by atoms with van der Waals surface area (Å²) < 4.78 is 37.7. The highest BCUT2D eigenvalue weighted by molar-refractivity contribution is 5.67. The quantitative estimate of drug-likeness (QED) is 0.245. The number of benzene rings is 3. The second-order valence-electron chi connectivity index (χ2n) is 9.81. The van der Waals surface area contributed by atoms with Crippen LogP contribution < -0.4 is 15.4 Å². The molecule has 1 saturated heterocycles. The van der Waals surface area contributed by atoms with Crippen molar-refractivity contribution < 1.29 is 33.3 Å². The van der Waals surface area contributed by atoms with Gasteiger partial charge in [-0.05, 0) is 86.0 Å². The van der Waals surface area contributed by atoms with Crippen LogP contribution in [0.3, 0.4) is 0 Å². The number of piperidine rings is 1. The molecule has 4 rings (SSSR count). The normalized spacial score (nSPS) is 14.5. The number of amides is 1. The molecule has 1 aliphatic rings. The highest BCUT2D eigenvalue weighted by Gasteiger charge is 2.24. The summed E-state index contributed by atoms with van der Waals surface area (Å²) in [6.45, 7) is 2.00. The summed E-state index contributed by atoms with van der Waals surface area (Å²) in [7, 11) is 0. The predicted molar refractivity (Wildman–Crippen MR) is 147 cm³/mol. The van der Waals surface area contributed by atoms with Gasteiger partial charge in [-0.2, -0.15) is 0 Å². The molecule has 214 valence electrons. The van der Waals surface area contributed by atoms with Crippen molar-refractivity contribution in [2.75, 3.05) is 38.1 Å². The molecule has 0 aliphatic carbocycles. The predicted octanol–water partition coefficient (Wildman–Crippen LogP) is 4.46. The molecule has 0 aromatic heterocycles. The molecule has 1 atom stereocenters. The Morgan fingerprint density at radius 3 is 2.48 bits per heavy atom. The lowest BCUT2D eigenvalue weighted by molar-refractivity contribution is 0.0872. The first kappa shape index (κ1) is 29.1. The van der Waals surface area contributed by atoms with E-state index in [2.05, 4.69) is 22.8 Å². The van der Waals surface area contributed by atoms with E-state index in [1.807, 2.05) is 12.1 Å². The Hall–Kier alpha value is -3.89. The van der Waals surface area contributed by atoms with Crippen molar-refractivity contribution in [2.24, 2.45) is 0 Å². The van der Waals surface area contributed by atoms with Crippen LogP contribution in [0, 0.1) is 11.6 Å². The zero-order valence-electron chi connectivity index (χ0n) is 22.2. The van der Waals surface area contributed by atoms with E-state index in [0.717, 1.165) is 43.1 Å². The number of ether oxygens (including phenoxy) is 2. The summed E-state index contributed by atoms with van der Waals surface area (Å²) in [6, 6.07) is 17.8. The standard InChI is InChI=1S/C30H35F2N3O5/c31-23-3-10-29(32)22(17-23)19-40-30(38)35-15-12-25(13-16-35)34-24-4-1-21(2-5-24)11-14-33-18-27(37)20-39-28-8-6-26(36)7-9-28/h1-10,17,25,27,33-34,36-37H,11-16,18-20H2/t27-/m0/s1. The largest absolute Gasteiger partial charge is 0.508 e. The van der Waals surface area contributed by atoms with Crippen LogP contribution in [-0.2, 0) is 17.8 Å². The van der Waals surface area contributed by atoms with Crippen LogP contribution >= 0.6 is 0 Å². The maximum Gasteiger partial charge on any atom is 0.410 e. The zero-order valence-corrected chi connectivity index (χ0v) is 22.2. The Morgan fingerprint density at radius 2 is 1.75 bits per heavy atom. The molecule has 1 aliphatic heterocycles. The number of likely N-dealkylation sites (tertiary alicyclic amines) is 1. The molecule has 1 amide bonds. The van der Waals surface area contributed by atoms with Crippen molar-refractivity contribution in [1.29, 1.82) is 0 Å². The molecular weight excluding hydrogens is 520 g/mol. The fourth-order valence-corrected chi connectivity index (χ4v) is 4.39. The minimum absolute atomic E-state index is 0.0123. The van der Waals surface area contributed by atoms with E-state index in [4.69, 9.17) is 9.47 Å². The topological polar surface area (TPSA) is 103 Å². The Morgan fingerprint density at radius 1 is 1.02 bits per heavy atom. The average molecular weight is 556 g/mol. The number of aliphatic hydroxyl groups excluding tert-OH is 1. The van der Waals surface area contributed by atoms with Crippen molar-refractivity contribution >= 4 is 11.8 Å². The third kappa shape index (κ3) is 9.10. The van der Waals surface area contributed by atoms with Crippen LogP contribution in [0.2, 0.25) is 0 Å². The average Bonchev–Trinajstić information content (AvgIpc) is 2.96. The highest BCUT2D eigenvalue weighted by atomic mass is 19.1. The highest BCUT2D eigenvalue weighted by Crippen LogP contribution is 2.19. The number of phenols is 1. The van der Waals surface area contributed by atoms with Crippen LogP contribution in [0.25, 0.3) is 0 Å². The van der Waals surface area contributed by atoms with E-state index in [-0.39, 0.29) is 30.6 Å². The fourth-order valence-electron chi connectivity index (χ4n) is 4.39. The number of hydrogen-bond donors (Lipinski definition) is 4. The van der Waals surface area contributed by atoms with Crippen LogP contribution in [0.4, 0.5) is 19.3 Å². The van der Waals surface area contributed by atoms with Gasteiger partial charge < -0.3 is 35.2 Å². The second kappa shape index (κ2) is 14.5. The number of hydrogen-bond acceptors (Lipinski definition) is 7. The molecule has 1 heterocycles. The van der Waals surface area contributed by atoms with Gasteiger partial charge in [-0.25, -0.2) is 13.6 Å². The second-order valence-corrected chi connectivity index (χ2v) is 9.81. The van der Waals surface area contributed by atoms with Crippen molar-refractivity contribution in [3.8, 4) is 11.5 Å². The van der Waals surface area contributed by atoms with Gasteiger partial charge in [0.2, 0.25) is 0 Å². The van der Waals surface area contributed by atoms with Gasteiger partial charge in [-0.15, -0.1) is 0 Å². The maximum atomic E-state index is 13.7. The molecule has 0 unspecified atom stereocenters. The molecule has 1 fully saturated rings. The number of nitrogens with zero attached hydrogens (tertiary/aromatic N) is 1. The first-order chi connectivity index (χ1) is 19.4. The number of halogens is 2. The minimum Gasteiger partial charge on any atom is -0.508 e. The lowest BCUT2D eigenvalue weighted by Crippen LogP contribution is -2.42. The molecule has 3 aromatic rings. The summed E-state index contributed by atoms with van der Waals surface area (Å²) in [6.07, 6.45) is 1.12. The van der Waals surface area contributed by atoms with E-state index in [0.29, 0.717) is 31.9 Å². The number of rotatable bonds is 12. The Labute approximate surface area is 232 Å². The smallest absolute Gasteiger partial charge is 0.410 e. The number of carbonyl (C=O) groups excluding carboxylic acids is 1. The lowest BCUT2D eigenvalue weighted by Gasteiger charge is -2.32. The molecule has 4 N–H and O–H groups in total. The van der Waals surface area contributed by atoms with Gasteiger partial charge in [0.1, 0.15) is 42.5 Å². The number of phenolic OH excluding ortho intramolecular Hbond substituents is 1.